The van der Waals surface area contributed by atoms with E-state index in [1.165, 1.54) is 16.5 Å². The molecular weight excluding hydrogens is 260 g/mol. The number of fused-ring (bicyclic) bond motifs is 1. The summed E-state index contributed by atoms with van der Waals surface area (Å²) < 4.78 is 5.50. The standard InChI is InChI=1S/C18H26N2O/c1-13-8-9-17-15(7-6-10-19-17)16(13)12-20-14(2)11-18(3,4)21-5/h6-10,14,20H,11-12H2,1-5H3/t14-/m1/s1. The topological polar surface area (TPSA) is 34.1 Å². The van der Waals surface area contributed by atoms with Crippen molar-refractivity contribution in [2.24, 2.45) is 0 Å². The van der Waals surface area contributed by atoms with E-state index >= 15 is 0 Å². The van der Waals surface area contributed by atoms with Crippen molar-refractivity contribution in [2.75, 3.05) is 7.11 Å². The first-order valence-electron chi connectivity index (χ1n) is 7.55. The highest BCUT2D eigenvalue weighted by atomic mass is 16.5. The fourth-order valence-corrected chi connectivity index (χ4v) is 2.73. The molecule has 1 aromatic heterocycles. The number of methoxy groups -OCH3 is 1. The van der Waals surface area contributed by atoms with Gasteiger partial charge in [-0.05, 0) is 57.4 Å². The van der Waals surface area contributed by atoms with Crippen molar-refractivity contribution in [1.29, 1.82) is 0 Å². The van der Waals surface area contributed by atoms with E-state index in [-0.39, 0.29) is 5.60 Å². The van der Waals surface area contributed by atoms with Crippen LogP contribution in [0, 0.1) is 6.92 Å². The highest BCUT2D eigenvalue weighted by Gasteiger charge is 2.20. The molecule has 0 unspecified atom stereocenters. The summed E-state index contributed by atoms with van der Waals surface area (Å²) in [5.41, 5.74) is 3.61. The third-order valence-corrected chi connectivity index (χ3v) is 4.11. The number of nitrogens with one attached hydrogen (secondary N) is 1. The fourth-order valence-electron chi connectivity index (χ4n) is 2.73. The van der Waals surface area contributed by atoms with Gasteiger partial charge in [0, 0.05) is 31.3 Å². The molecule has 21 heavy (non-hydrogen) atoms. The van der Waals surface area contributed by atoms with E-state index in [4.69, 9.17) is 4.74 Å². The van der Waals surface area contributed by atoms with Gasteiger partial charge in [-0.25, -0.2) is 0 Å². The number of pyridine rings is 1. The van der Waals surface area contributed by atoms with Gasteiger partial charge in [0.1, 0.15) is 0 Å². The molecule has 0 saturated heterocycles. The number of ether oxygens (including phenoxy) is 1. The Morgan fingerprint density at radius 1 is 1.29 bits per heavy atom. The molecule has 0 spiro atoms. The molecule has 2 aromatic rings. The van der Waals surface area contributed by atoms with E-state index in [1.54, 1.807) is 7.11 Å². The normalized spacial score (nSPS) is 13.6. The zero-order chi connectivity index (χ0) is 15.5. The first kappa shape index (κ1) is 15.9. The van der Waals surface area contributed by atoms with E-state index in [0.29, 0.717) is 6.04 Å². The van der Waals surface area contributed by atoms with Crippen molar-refractivity contribution >= 4 is 10.9 Å². The molecule has 0 radical (unpaired) electrons. The molecule has 1 atom stereocenters. The lowest BCUT2D eigenvalue weighted by atomic mass is 9.98. The van der Waals surface area contributed by atoms with Gasteiger partial charge >= 0.3 is 0 Å². The zero-order valence-electron chi connectivity index (χ0n) is 13.7. The number of benzene rings is 1. The maximum absolute atomic E-state index is 5.50. The maximum atomic E-state index is 5.50. The van der Waals surface area contributed by atoms with Crippen molar-refractivity contribution in [3.05, 3.63) is 41.6 Å². The number of aryl methyl sites for hydroxylation is 1. The Balaban J connectivity index is 2.12. The van der Waals surface area contributed by atoms with E-state index < -0.39 is 0 Å². The average molecular weight is 286 g/mol. The Morgan fingerprint density at radius 2 is 2.05 bits per heavy atom. The predicted octanol–water partition coefficient (Wildman–Crippen LogP) is 3.84. The molecule has 3 nitrogen and oxygen atoms in total. The van der Waals surface area contributed by atoms with Crippen LogP contribution in [0.15, 0.2) is 30.5 Å². The van der Waals surface area contributed by atoms with Crippen LogP contribution in [0.5, 0.6) is 0 Å². The minimum atomic E-state index is -0.0955. The minimum Gasteiger partial charge on any atom is -0.379 e. The fraction of sp³-hybridized carbons (Fsp3) is 0.500. The van der Waals surface area contributed by atoms with E-state index in [9.17, 15) is 0 Å². The second kappa shape index (κ2) is 6.54. The predicted molar refractivity (Wildman–Crippen MR) is 88.5 cm³/mol. The van der Waals surface area contributed by atoms with Gasteiger partial charge in [-0.15, -0.1) is 0 Å². The monoisotopic (exact) mass is 286 g/mol. The molecule has 2 rings (SSSR count). The van der Waals surface area contributed by atoms with Crippen molar-refractivity contribution in [2.45, 2.75) is 52.3 Å². The summed E-state index contributed by atoms with van der Waals surface area (Å²) in [6, 6.07) is 8.78. The summed E-state index contributed by atoms with van der Waals surface area (Å²) in [7, 11) is 1.77. The van der Waals surface area contributed by atoms with Gasteiger partial charge in [-0.2, -0.15) is 0 Å². The molecule has 0 saturated carbocycles. The molecular formula is C18H26N2O. The van der Waals surface area contributed by atoms with Gasteiger partial charge in [0.25, 0.3) is 0 Å². The summed E-state index contributed by atoms with van der Waals surface area (Å²) in [5.74, 6) is 0. The Bertz CT molecular complexity index is 607. The largest absolute Gasteiger partial charge is 0.379 e. The smallest absolute Gasteiger partial charge is 0.0705 e. The summed E-state index contributed by atoms with van der Waals surface area (Å²) in [6.07, 6.45) is 2.82. The quantitative estimate of drug-likeness (QED) is 0.876. The van der Waals surface area contributed by atoms with Gasteiger partial charge in [0.05, 0.1) is 11.1 Å². The number of hydrogen-bond acceptors (Lipinski definition) is 3. The van der Waals surface area contributed by atoms with Gasteiger partial charge in [-0.3, -0.25) is 4.98 Å². The minimum absolute atomic E-state index is 0.0955. The van der Waals surface area contributed by atoms with Crippen LogP contribution in [0.25, 0.3) is 10.9 Å². The zero-order valence-corrected chi connectivity index (χ0v) is 13.7. The molecule has 1 heterocycles. The summed E-state index contributed by atoms with van der Waals surface area (Å²) in [5, 5.41) is 4.85. The molecule has 0 amide bonds. The molecule has 0 bridgehead atoms. The van der Waals surface area contributed by atoms with Crippen LogP contribution in [0.3, 0.4) is 0 Å². The average Bonchev–Trinajstić information content (AvgIpc) is 2.46. The van der Waals surface area contributed by atoms with Crippen LogP contribution in [-0.2, 0) is 11.3 Å². The molecule has 1 aromatic carbocycles. The van der Waals surface area contributed by atoms with Crippen molar-refractivity contribution in [1.82, 2.24) is 10.3 Å². The van der Waals surface area contributed by atoms with Gasteiger partial charge in [-0.1, -0.05) is 12.1 Å². The molecule has 114 valence electrons. The third-order valence-electron chi connectivity index (χ3n) is 4.11. The Kier molecular flexibility index (Phi) is 4.96. The number of aromatic nitrogens is 1. The molecule has 0 aliphatic rings. The summed E-state index contributed by atoms with van der Waals surface area (Å²) in [4.78, 5) is 4.43. The van der Waals surface area contributed by atoms with Crippen LogP contribution in [-0.4, -0.2) is 23.7 Å². The highest BCUT2D eigenvalue weighted by molar-refractivity contribution is 5.83. The lowest BCUT2D eigenvalue weighted by molar-refractivity contribution is 0.00845. The maximum Gasteiger partial charge on any atom is 0.0705 e. The lowest BCUT2D eigenvalue weighted by Crippen LogP contribution is -2.35. The Hall–Kier alpha value is -1.45. The van der Waals surface area contributed by atoms with E-state index in [1.807, 2.05) is 12.3 Å². The molecule has 1 N–H and O–H groups in total. The van der Waals surface area contributed by atoms with E-state index in [0.717, 1.165) is 18.5 Å². The number of nitrogens with zero attached hydrogens (tertiary/aromatic N) is 1. The van der Waals surface area contributed by atoms with Gasteiger partial charge in [0.15, 0.2) is 0 Å². The third kappa shape index (κ3) is 4.02. The van der Waals surface area contributed by atoms with Crippen LogP contribution < -0.4 is 5.32 Å². The van der Waals surface area contributed by atoms with Crippen molar-refractivity contribution in [3.8, 4) is 0 Å². The molecule has 0 aliphatic heterocycles. The molecule has 0 aliphatic carbocycles. The van der Waals surface area contributed by atoms with E-state index in [2.05, 4.69) is 56.2 Å². The second-order valence-electron chi connectivity index (χ2n) is 6.38. The van der Waals surface area contributed by atoms with Crippen molar-refractivity contribution < 1.29 is 4.74 Å². The Labute approximate surface area is 127 Å². The van der Waals surface area contributed by atoms with Crippen LogP contribution in [0.1, 0.15) is 38.3 Å². The summed E-state index contributed by atoms with van der Waals surface area (Å²) >= 11 is 0. The van der Waals surface area contributed by atoms with Gasteiger partial charge in [0.2, 0.25) is 0 Å². The Morgan fingerprint density at radius 3 is 2.76 bits per heavy atom. The van der Waals surface area contributed by atoms with Crippen LogP contribution >= 0.6 is 0 Å². The SMILES string of the molecule is COC(C)(C)C[C@@H](C)NCc1c(C)ccc2ncccc12. The lowest BCUT2D eigenvalue weighted by Gasteiger charge is -2.27. The number of hydrogen-bond donors (Lipinski definition) is 1. The number of rotatable bonds is 6. The first-order valence-corrected chi connectivity index (χ1v) is 7.55. The van der Waals surface area contributed by atoms with Crippen molar-refractivity contribution in [3.63, 3.8) is 0 Å². The highest BCUT2D eigenvalue weighted by Crippen LogP contribution is 2.21. The van der Waals surface area contributed by atoms with Crippen LogP contribution in [0.4, 0.5) is 0 Å². The second-order valence-corrected chi connectivity index (χ2v) is 6.38. The van der Waals surface area contributed by atoms with Gasteiger partial charge < -0.3 is 10.1 Å². The first-order chi connectivity index (χ1) is 9.93. The van der Waals surface area contributed by atoms with Crippen LogP contribution in [0.2, 0.25) is 0 Å². The molecule has 3 heteroatoms. The molecule has 0 fully saturated rings. The summed E-state index contributed by atoms with van der Waals surface area (Å²) in [6.45, 7) is 9.47.